The van der Waals surface area contributed by atoms with Crippen LogP contribution in [-0.2, 0) is 0 Å². The van der Waals surface area contributed by atoms with Crippen molar-refractivity contribution in [3.05, 3.63) is 0 Å². The van der Waals surface area contributed by atoms with Crippen LogP contribution in [0.1, 0.15) is 51.9 Å². The Morgan fingerprint density at radius 2 is 1.77 bits per heavy atom. The van der Waals surface area contributed by atoms with Gasteiger partial charge in [0, 0.05) is 0 Å². The van der Waals surface area contributed by atoms with Crippen molar-refractivity contribution in [3.8, 4) is 0 Å². The predicted molar refractivity (Wildman–Crippen MR) is 53.5 cm³/mol. The van der Waals surface area contributed by atoms with Crippen LogP contribution in [0.25, 0.3) is 0 Å². The molecule has 2 heteroatoms. The maximum Gasteiger partial charge on any atom is 0.0543 e. The summed E-state index contributed by atoms with van der Waals surface area (Å²) < 4.78 is 0. The second-order valence-corrected chi connectivity index (χ2v) is 4.47. The molecule has 0 spiro atoms. The first-order valence-electron chi connectivity index (χ1n) is 5.54. The van der Waals surface area contributed by atoms with E-state index in [-0.39, 0.29) is 12.2 Å². The Balaban J connectivity index is 2.05. The molecule has 0 amide bonds. The lowest BCUT2D eigenvalue weighted by Crippen LogP contribution is -2.14. The van der Waals surface area contributed by atoms with Crippen molar-refractivity contribution >= 4 is 0 Å². The van der Waals surface area contributed by atoms with Crippen LogP contribution in [0.15, 0.2) is 0 Å². The molecule has 2 unspecified atom stereocenters. The van der Waals surface area contributed by atoms with Crippen LogP contribution in [0.4, 0.5) is 0 Å². The minimum Gasteiger partial charge on any atom is -0.393 e. The van der Waals surface area contributed by atoms with E-state index in [2.05, 4.69) is 0 Å². The first-order chi connectivity index (χ1) is 6.18. The molecule has 1 aliphatic carbocycles. The molecule has 0 aromatic heterocycles. The van der Waals surface area contributed by atoms with Gasteiger partial charge in [0.25, 0.3) is 0 Å². The molecule has 1 saturated carbocycles. The second kappa shape index (κ2) is 5.61. The zero-order chi connectivity index (χ0) is 9.68. The molecule has 1 fully saturated rings. The van der Waals surface area contributed by atoms with Crippen LogP contribution in [0.3, 0.4) is 0 Å². The van der Waals surface area contributed by atoms with E-state index >= 15 is 0 Å². The van der Waals surface area contributed by atoms with E-state index in [0.29, 0.717) is 0 Å². The van der Waals surface area contributed by atoms with E-state index < -0.39 is 0 Å². The fourth-order valence-corrected chi connectivity index (χ4v) is 2.18. The van der Waals surface area contributed by atoms with E-state index in [0.717, 1.165) is 25.2 Å². The molecule has 0 radical (unpaired) electrons. The highest BCUT2D eigenvalue weighted by molar-refractivity contribution is 4.71. The molecular weight excluding hydrogens is 164 g/mol. The second-order valence-electron chi connectivity index (χ2n) is 4.47. The molecule has 0 bridgehead atoms. The van der Waals surface area contributed by atoms with Gasteiger partial charge in [-0.1, -0.05) is 25.7 Å². The van der Waals surface area contributed by atoms with E-state index in [9.17, 15) is 5.11 Å². The summed E-state index contributed by atoms with van der Waals surface area (Å²) in [6, 6.07) is 0. The number of aliphatic hydroxyl groups excluding tert-OH is 2. The molecule has 0 aromatic rings. The number of rotatable bonds is 5. The lowest BCUT2D eigenvalue weighted by molar-refractivity contribution is 0.104. The van der Waals surface area contributed by atoms with Crippen LogP contribution in [0, 0.1) is 5.92 Å². The van der Waals surface area contributed by atoms with E-state index in [4.69, 9.17) is 5.11 Å². The summed E-state index contributed by atoms with van der Waals surface area (Å²) >= 11 is 0. The van der Waals surface area contributed by atoms with Gasteiger partial charge in [0.2, 0.25) is 0 Å². The Morgan fingerprint density at radius 1 is 1.15 bits per heavy atom. The standard InChI is InChI=1S/C11H22O2/c1-9(12)6-7-11(13)8-10-4-2-3-5-10/h9-13H,2-8H2,1H3. The average Bonchev–Trinajstić information content (AvgIpc) is 2.53. The summed E-state index contributed by atoms with van der Waals surface area (Å²) in [7, 11) is 0. The quantitative estimate of drug-likeness (QED) is 0.690. The number of aliphatic hydroxyl groups is 2. The molecule has 1 rings (SSSR count). The van der Waals surface area contributed by atoms with Crippen molar-refractivity contribution in [1.29, 1.82) is 0 Å². The highest BCUT2D eigenvalue weighted by atomic mass is 16.3. The molecular formula is C11H22O2. The smallest absolute Gasteiger partial charge is 0.0543 e. The topological polar surface area (TPSA) is 40.5 Å². The fraction of sp³-hybridized carbons (Fsp3) is 1.00. The van der Waals surface area contributed by atoms with E-state index in [1.54, 1.807) is 6.92 Å². The van der Waals surface area contributed by atoms with Gasteiger partial charge in [-0.15, -0.1) is 0 Å². The highest BCUT2D eigenvalue weighted by Crippen LogP contribution is 2.29. The van der Waals surface area contributed by atoms with Crippen molar-refractivity contribution in [2.75, 3.05) is 0 Å². The van der Waals surface area contributed by atoms with Crippen LogP contribution in [0.5, 0.6) is 0 Å². The summed E-state index contributed by atoms with van der Waals surface area (Å²) in [5.41, 5.74) is 0. The molecule has 0 saturated heterocycles. The summed E-state index contributed by atoms with van der Waals surface area (Å²) in [5, 5.41) is 18.7. The lowest BCUT2D eigenvalue weighted by atomic mass is 9.97. The molecule has 2 atom stereocenters. The Bertz CT molecular complexity index is 128. The normalized spacial score (nSPS) is 23.3. The molecule has 0 heterocycles. The van der Waals surface area contributed by atoms with Gasteiger partial charge in [0.15, 0.2) is 0 Å². The summed E-state index contributed by atoms with van der Waals surface area (Å²) in [4.78, 5) is 0. The molecule has 78 valence electrons. The Kier molecular flexibility index (Phi) is 4.74. The molecule has 2 nitrogen and oxygen atoms in total. The summed E-state index contributed by atoms with van der Waals surface area (Å²) in [6.07, 6.45) is 7.27. The highest BCUT2D eigenvalue weighted by Gasteiger charge is 2.18. The molecule has 0 aliphatic heterocycles. The van der Waals surface area contributed by atoms with Crippen LogP contribution >= 0.6 is 0 Å². The van der Waals surface area contributed by atoms with Gasteiger partial charge in [-0.05, 0) is 32.1 Å². The van der Waals surface area contributed by atoms with Crippen molar-refractivity contribution in [2.24, 2.45) is 5.92 Å². The van der Waals surface area contributed by atoms with Crippen molar-refractivity contribution in [3.63, 3.8) is 0 Å². The molecule has 13 heavy (non-hydrogen) atoms. The first-order valence-corrected chi connectivity index (χ1v) is 5.54. The van der Waals surface area contributed by atoms with Gasteiger partial charge < -0.3 is 10.2 Å². The third-order valence-electron chi connectivity index (χ3n) is 3.00. The third kappa shape index (κ3) is 4.63. The van der Waals surface area contributed by atoms with Crippen molar-refractivity contribution in [2.45, 2.75) is 64.1 Å². The molecule has 2 N–H and O–H groups in total. The zero-order valence-corrected chi connectivity index (χ0v) is 8.58. The van der Waals surface area contributed by atoms with Gasteiger partial charge in [0.05, 0.1) is 12.2 Å². The summed E-state index contributed by atoms with van der Waals surface area (Å²) in [5.74, 6) is 0.754. The monoisotopic (exact) mass is 186 g/mol. The van der Waals surface area contributed by atoms with Gasteiger partial charge >= 0.3 is 0 Å². The van der Waals surface area contributed by atoms with Gasteiger partial charge in [-0.25, -0.2) is 0 Å². The maximum absolute atomic E-state index is 9.65. The number of hydrogen-bond acceptors (Lipinski definition) is 2. The Morgan fingerprint density at radius 3 is 2.31 bits per heavy atom. The van der Waals surface area contributed by atoms with Crippen molar-refractivity contribution < 1.29 is 10.2 Å². The third-order valence-corrected chi connectivity index (χ3v) is 3.00. The van der Waals surface area contributed by atoms with Crippen LogP contribution < -0.4 is 0 Å². The lowest BCUT2D eigenvalue weighted by Gasteiger charge is -2.15. The SMILES string of the molecule is CC(O)CCC(O)CC1CCCC1. The maximum atomic E-state index is 9.65. The van der Waals surface area contributed by atoms with Crippen molar-refractivity contribution in [1.82, 2.24) is 0 Å². The first kappa shape index (κ1) is 11.0. The van der Waals surface area contributed by atoms with Gasteiger partial charge in [0.1, 0.15) is 0 Å². The average molecular weight is 186 g/mol. The van der Waals surface area contributed by atoms with E-state index in [1.807, 2.05) is 0 Å². The minimum atomic E-state index is -0.266. The summed E-state index contributed by atoms with van der Waals surface area (Å²) in [6.45, 7) is 1.78. The molecule has 1 aliphatic rings. The predicted octanol–water partition coefficient (Wildman–Crippen LogP) is 2.09. The Hall–Kier alpha value is -0.0800. The van der Waals surface area contributed by atoms with Gasteiger partial charge in [-0.3, -0.25) is 0 Å². The van der Waals surface area contributed by atoms with Gasteiger partial charge in [-0.2, -0.15) is 0 Å². The molecule has 0 aromatic carbocycles. The minimum absolute atomic E-state index is 0.183. The van der Waals surface area contributed by atoms with Crippen LogP contribution in [0.2, 0.25) is 0 Å². The number of hydrogen-bond donors (Lipinski definition) is 2. The zero-order valence-electron chi connectivity index (χ0n) is 8.58. The fourth-order valence-electron chi connectivity index (χ4n) is 2.18. The van der Waals surface area contributed by atoms with E-state index in [1.165, 1.54) is 25.7 Å². The Labute approximate surface area is 81.0 Å². The largest absolute Gasteiger partial charge is 0.393 e. The van der Waals surface area contributed by atoms with Crippen LogP contribution in [-0.4, -0.2) is 22.4 Å².